The molecule has 5 aromatic rings. The highest BCUT2D eigenvalue weighted by Crippen LogP contribution is 2.35. The standard InChI is InChI=1S/C30H25N5O4/c31-15-19-3-1-6-28(24(19)14-29(36)37)39-17-26-25-13-18(7-8-27(25)35(34-26)20-10-12-38-16-20)21-4-2-5-23-22(21)9-11-33-30(23)32/h1-9,11,13,20H,10,12,14,16-17H2,(H2,32,33)(H,36,37). The van der Waals surface area contributed by atoms with Gasteiger partial charge in [-0.1, -0.05) is 30.3 Å². The van der Waals surface area contributed by atoms with E-state index in [4.69, 9.17) is 20.3 Å². The number of rotatable bonds is 7. The molecular weight excluding hydrogens is 494 g/mol. The van der Waals surface area contributed by atoms with Gasteiger partial charge in [0.1, 0.15) is 23.9 Å². The van der Waals surface area contributed by atoms with Crippen LogP contribution in [0.25, 0.3) is 32.8 Å². The van der Waals surface area contributed by atoms with Crippen molar-refractivity contribution in [3.05, 3.63) is 83.7 Å². The monoisotopic (exact) mass is 519 g/mol. The van der Waals surface area contributed by atoms with E-state index in [1.807, 2.05) is 22.9 Å². The smallest absolute Gasteiger partial charge is 0.308 e. The number of nitriles is 1. The number of fused-ring (bicyclic) bond motifs is 2. The van der Waals surface area contributed by atoms with Crippen molar-refractivity contribution in [3.8, 4) is 22.9 Å². The van der Waals surface area contributed by atoms with Crippen LogP contribution in [0.4, 0.5) is 5.82 Å². The van der Waals surface area contributed by atoms with Gasteiger partial charge in [-0.2, -0.15) is 10.4 Å². The highest BCUT2D eigenvalue weighted by atomic mass is 16.5. The Morgan fingerprint density at radius 1 is 1.15 bits per heavy atom. The largest absolute Gasteiger partial charge is 0.487 e. The van der Waals surface area contributed by atoms with Crippen LogP contribution in [-0.4, -0.2) is 39.1 Å². The van der Waals surface area contributed by atoms with E-state index in [1.54, 1.807) is 24.4 Å². The van der Waals surface area contributed by atoms with Crippen molar-refractivity contribution < 1.29 is 19.4 Å². The molecule has 2 aromatic heterocycles. The number of anilines is 1. The van der Waals surface area contributed by atoms with Crippen molar-refractivity contribution in [2.45, 2.75) is 25.5 Å². The van der Waals surface area contributed by atoms with Gasteiger partial charge in [0, 0.05) is 29.1 Å². The molecule has 0 spiro atoms. The summed E-state index contributed by atoms with van der Waals surface area (Å²) in [6.07, 6.45) is 2.26. The maximum atomic E-state index is 11.5. The zero-order chi connectivity index (χ0) is 26.9. The molecule has 0 bridgehead atoms. The number of ether oxygens (including phenoxy) is 2. The summed E-state index contributed by atoms with van der Waals surface area (Å²) in [6.45, 7) is 1.37. The van der Waals surface area contributed by atoms with Crippen molar-refractivity contribution in [1.82, 2.24) is 14.8 Å². The van der Waals surface area contributed by atoms with E-state index in [-0.39, 0.29) is 24.6 Å². The first-order valence-corrected chi connectivity index (χ1v) is 12.6. The van der Waals surface area contributed by atoms with Gasteiger partial charge >= 0.3 is 5.97 Å². The Balaban J connectivity index is 1.44. The predicted molar refractivity (Wildman–Crippen MR) is 146 cm³/mol. The number of carbonyl (C=O) groups is 1. The molecule has 3 heterocycles. The molecule has 1 atom stereocenters. The second kappa shape index (κ2) is 10.1. The molecule has 1 saturated heterocycles. The molecule has 6 rings (SSSR count). The van der Waals surface area contributed by atoms with Crippen LogP contribution < -0.4 is 10.5 Å². The Labute approximate surface area is 224 Å². The summed E-state index contributed by atoms with van der Waals surface area (Å²) in [4.78, 5) is 15.7. The molecular formula is C30H25N5O4. The second-order valence-electron chi connectivity index (χ2n) is 9.49. The van der Waals surface area contributed by atoms with E-state index in [1.165, 1.54) is 0 Å². The number of carboxylic acid groups (broad SMARTS) is 1. The third kappa shape index (κ3) is 4.51. The van der Waals surface area contributed by atoms with Crippen molar-refractivity contribution in [2.24, 2.45) is 0 Å². The molecule has 1 unspecified atom stereocenters. The lowest BCUT2D eigenvalue weighted by atomic mass is 9.97. The number of nitrogens with two attached hydrogens (primary N) is 1. The number of aromatic nitrogens is 3. The molecule has 3 N–H and O–H groups in total. The van der Waals surface area contributed by atoms with Gasteiger partial charge in [-0.25, -0.2) is 4.98 Å². The molecule has 0 aliphatic carbocycles. The van der Waals surface area contributed by atoms with Crippen LogP contribution in [0.1, 0.15) is 29.3 Å². The number of carboxylic acids is 1. The zero-order valence-corrected chi connectivity index (χ0v) is 21.0. The number of nitrogens with zero attached hydrogens (tertiary/aromatic N) is 4. The van der Waals surface area contributed by atoms with Gasteiger partial charge in [0.25, 0.3) is 0 Å². The Bertz CT molecular complexity index is 1770. The first-order chi connectivity index (χ1) is 19.0. The number of hydrogen-bond donors (Lipinski definition) is 2. The summed E-state index contributed by atoms with van der Waals surface area (Å²) in [6, 6.07) is 21.3. The first-order valence-electron chi connectivity index (χ1n) is 12.6. The Hall–Kier alpha value is -4.94. The fourth-order valence-electron chi connectivity index (χ4n) is 5.24. The van der Waals surface area contributed by atoms with Gasteiger partial charge in [0.05, 0.1) is 36.2 Å². The van der Waals surface area contributed by atoms with E-state index >= 15 is 0 Å². The summed E-state index contributed by atoms with van der Waals surface area (Å²) in [5, 5.41) is 26.6. The fourth-order valence-corrected chi connectivity index (χ4v) is 5.24. The minimum absolute atomic E-state index is 0.106. The topological polar surface area (TPSA) is 136 Å². The Morgan fingerprint density at radius 2 is 2.03 bits per heavy atom. The molecule has 194 valence electrons. The van der Waals surface area contributed by atoms with Crippen LogP contribution in [0.2, 0.25) is 0 Å². The van der Waals surface area contributed by atoms with Gasteiger partial charge in [0.2, 0.25) is 0 Å². The number of hydrogen-bond acceptors (Lipinski definition) is 7. The van der Waals surface area contributed by atoms with Crippen LogP contribution in [0.15, 0.2) is 66.9 Å². The normalized spacial score (nSPS) is 15.0. The summed E-state index contributed by atoms with van der Waals surface area (Å²) >= 11 is 0. The van der Waals surface area contributed by atoms with Gasteiger partial charge in [-0.15, -0.1) is 0 Å². The van der Waals surface area contributed by atoms with Crippen LogP contribution in [0.5, 0.6) is 5.75 Å². The maximum absolute atomic E-state index is 11.5. The first kappa shape index (κ1) is 24.4. The van der Waals surface area contributed by atoms with Crippen molar-refractivity contribution in [3.63, 3.8) is 0 Å². The quantitative estimate of drug-likeness (QED) is 0.311. The highest BCUT2D eigenvalue weighted by molar-refractivity contribution is 6.02. The lowest BCUT2D eigenvalue weighted by Crippen LogP contribution is -2.11. The molecule has 3 aromatic carbocycles. The zero-order valence-electron chi connectivity index (χ0n) is 21.0. The van der Waals surface area contributed by atoms with Crippen molar-refractivity contribution in [1.29, 1.82) is 5.26 Å². The summed E-state index contributed by atoms with van der Waals surface area (Å²) in [7, 11) is 0. The minimum Gasteiger partial charge on any atom is -0.487 e. The van der Waals surface area contributed by atoms with E-state index < -0.39 is 5.97 Å². The van der Waals surface area contributed by atoms with Crippen molar-refractivity contribution >= 4 is 33.5 Å². The molecule has 9 nitrogen and oxygen atoms in total. The van der Waals surface area contributed by atoms with Crippen molar-refractivity contribution in [2.75, 3.05) is 18.9 Å². The van der Waals surface area contributed by atoms with Gasteiger partial charge in [0.15, 0.2) is 0 Å². The van der Waals surface area contributed by atoms with Crippen LogP contribution in [0.3, 0.4) is 0 Å². The lowest BCUT2D eigenvalue weighted by Gasteiger charge is -2.11. The van der Waals surface area contributed by atoms with Crippen LogP contribution in [-0.2, 0) is 22.6 Å². The predicted octanol–water partition coefficient (Wildman–Crippen LogP) is 4.87. The third-order valence-electron chi connectivity index (χ3n) is 7.13. The van der Waals surface area contributed by atoms with E-state index in [0.717, 1.165) is 39.2 Å². The summed E-state index contributed by atoms with van der Waals surface area (Å²) in [5.74, 6) is -0.194. The number of aliphatic carboxylic acids is 1. The number of benzene rings is 3. The third-order valence-corrected chi connectivity index (χ3v) is 7.13. The van der Waals surface area contributed by atoms with Crippen LogP contribution >= 0.6 is 0 Å². The molecule has 9 heteroatoms. The SMILES string of the molecule is N#Cc1cccc(OCc2nn(C3CCOC3)c3ccc(-c4cccc5c(N)nccc45)cc23)c1CC(=O)O. The van der Waals surface area contributed by atoms with Gasteiger partial charge < -0.3 is 20.3 Å². The summed E-state index contributed by atoms with van der Waals surface area (Å²) in [5.41, 5.74) is 10.5. The fraction of sp³-hybridized carbons (Fsp3) is 0.200. The average molecular weight is 520 g/mol. The molecule has 39 heavy (non-hydrogen) atoms. The molecule has 1 fully saturated rings. The van der Waals surface area contributed by atoms with E-state index in [0.29, 0.717) is 36.0 Å². The molecule has 0 amide bonds. The highest BCUT2D eigenvalue weighted by Gasteiger charge is 2.23. The Morgan fingerprint density at radius 3 is 2.82 bits per heavy atom. The average Bonchev–Trinajstić information content (AvgIpc) is 3.60. The second-order valence-corrected chi connectivity index (χ2v) is 9.49. The van der Waals surface area contributed by atoms with E-state index in [2.05, 4.69) is 35.3 Å². The minimum atomic E-state index is -1.03. The van der Waals surface area contributed by atoms with Crippen LogP contribution in [0, 0.1) is 11.3 Å². The number of pyridine rings is 1. The molecule has 1 aliphatic heterocycles. The van der Waals surface area contributed by atoms with E-state index in [9.17, 15) is 15.2 Å². The Kier molecular flexibility index (Phi) is 6.31. The maximum Gasteiger partial charge on any atom is 0.308 e. The molecule has 0 radical (unpaired) electrons. The molecule has 0 saturated carbocycles. The molecule has 1 aliphatic rings. The number of nitrogen functional groups attached to an aromatic ring is 1. The van der Waals surface area contributed by atoms with Gasteiger partial charge in [-0.05, 0) is 53.3 Å². The lowest BCUT2D eigenvalue weighted by molar-refractivity contribution is -0.136. The summed E-state index contributed by atoms with van der Waals surface area (Å²) < 4.78 is 13.8. The van der Waals surface area contributed by atoms with Gasteiger partial charge in [-0.3, -0.25) is 9.48 Å².